The predicted molar refractivity (Wildman–Crippen MR) is 50.3 cm³/mol. The predicted octanol–water partition coefficient (Wildman–Crippen LogP) is 1.59. The third-order valence-corrected chi connectivity index (χ3v) is 1.70. The van der Waals surface area contributed by atoms with Crippen molar-refractivity contribution in [2.75, 3.05) is 6.61 Å². The Morgan fingerprint density at radius 3 is 2.57 bits per heavy atom. The standard InChI is InChI=1S/C10H15NO3/c1-2-14-10(13)9(12)7-5-3-4-6-8-11/h2-7H2,1H3. The summed E-state index contributed by atoms with van der Waals surface area (Å²) in [7, 11) is 0. The zero-order chi connectivity index (χ0) is 10.8. The van der Waals surface area contributed by atoms with Crippen LogP contribution in [0.3, 0.4) is 0 Å². The van der Waals surface area contributed by atoms with Gasteiger partial charge in [-0.05, 0) is 19.8 Å². The van der Waals surface area contributed by atoms with E-state index in [9.17, 15) is 9.59 Å². The van der Waals surface area contributed by atoms with E-state index in [2.05, 4.69) is 4.74 Å². The average molecular weight is 197 g/mol. The number of nitriles is 1. The van der Waals surface area contributed by atoms with Crippen molar-refractivity contribution in [3.8, 4) is 6.07 Å². The van der Waals surface area contributed by atoms with Gasteiger partial charge in [0.2, 0.25) is 5.78 Å². The van der Waals surface area contributed by atoms with Crippen molar-refractivity contribution in [3.05, 3.63) is 0 Å². The molecule has 0 aliphatic heterocycles. The van der Waals surface area contributed by atoms with Gasteiger partial charge in [0.1, 0.15) is 0 Å². The molecule has 0 fully saturated rings. The highest BCUT2D eigenvalue weighted by atomic mass is 16.5. The SMILES string of the molecule is CCOC(=O)C(=O)CCCCCC#N. The molecule has 0 aliphatic carbocycles. The number of hydrogen-bond donors (Lipinski definition) is 0. The van der Waals surface area contributed by atoms with Gasteiger partial charge in [0, 0.05) is 12.8 Å². The van der Waals surface area contributed by atoms with E-state index in [0.717, 1.165) is 12.8 Å². The van der Waals surface area contributed by atoms with Gasteiger partial charge in [0.05, 0.1) is 12.7 Å². The normalized spacial score (nSPS) is 9.14. The summed E-state index contributed by atoms with van der Waals surface area (Å²) >= 11 is 0. The number of nitrogens with zero attached hydrogens (tertiary/aromatic N) is 1. The Balaban J connectivity index is 3.45. The minimum absolute atomic E-state index is 0.226. The van der Waals surface area contributed by atoms with E-state index in [0.29, 0.717) is 12.8 Å². The van der Waals surface area contributed by atoms with Crippen LogP contribution in [0.15, 0.2) is 0 Å². The Morgan fingerprint density at radius 2 is 2.00 bits per heavy atom. The number of unbranched alkanes of at least 4 members (excludes halogenated alkanes) is 3. The Kier molecular flexibility index (Phi) is 7.43. The van der Waals surface area contributed by atoms with Crippen molar-refractivity contribution < 1.29 is 14.3 Å². The van der Waals surface area contributed by atoms with Crippen LogP contribution in [0.25, 0.3) is 0 Å². The molecule has 0 heterocycles. The summed E-state index contributed by atoms with van der Waals surface area (Å²) in [4.78, 5) is 21.9. The molecule has 0 aromatic heterocycles. The van der Waals surface area contributed by atoms with E-state index < -0.39 is 11.8 Å². The number of esters is 1. The zero-order valence-corrected chi connectivity index (χ0v) is 8.41. The maximum atomic E-state index is 11.0. The summed E-state index contributed by atoms with van der Waals surface area (Å²) in [6, 6.07) is 2.02. The van der Waals surface area contributed by atoms with Crippen molar-refractivity contribution in [1.29, 1.82) is 5.26 Å². The van der Waals surface area contributed by atoms with Gasteiger partial charge in [0.25, 0.3) is 0 Å². The van der Waals surface area contributed by atoms with Crippen LogP contribution >= 0.6 is 0 Å². The Morgan fingerprint density at radius 1 is 1.29 bits per heavy atom. The number of rotatable bonds is 7. The third-order valence-electron chi connectivity index (χ3n) is 1.70. The molecule has 0 atom stereocenters. The molecule has 0 spiro atoms. The van der Waals surface area contributed by atoms with Crippen LogP contribution in [0.5, 0.6) is 0 Å². The fraction of sp³-hybridized carbons (Fsp3) is 0.700. The van der Waals surface area contributed by atoms with Gasteiger partial charge in [-0.15, -0.1) is 0 Å². The van der Waals surface area contributed by atoms with Gasteiger partial charge >= 0.3 is 5.97 Å². The van der Waals surface area contributed by atoms with E-state index >= 15 is 0 Å². The second kappa shape index (κ2) is 8.24. The molecule has 0 saturated carbocycles. The summed E-state index contributed by atoms with van der Waals surface area (Å²) in [6.07, 6.45) is 2.97. The molecule has 0 rings (SSSR count). The molecule has 14 heavy (non-hydrogen) atoms. The first-order chi connectivity index (χ1) is 6.72. The summed E-state index contributed by atoms with van der Waals surface area (Å²) < 4.78 is 4.54. The van der Waals surface area contributed by atoms with Crippen LogP contribution in [0.1, 0.15) is 39.0 Å². The van der Waals surface area contributed by atoms with Crippen molar-refractivity contribution >= 4 is 11.8 Å². The first-order valence-electron chi connectivity index (χ1n) is 4.79. The summed E-state index contributed by atoms with van der Waals surface area (Å²) in [6.45, 7) is 1.90. The molecule has 0 radical (unpaired) electrons. The Bertz CT molecular complexity index is 230. The summed E-state index contributed by atoms with van der Waals surface area (Å²) in [5, 5.41) is 8.24. The topological polar surface area (TPSA) is 67.2 Å². The van der Waals surface area contributed by atoms with Crippen molar-refractivity contribution in [2.45, 2.75) is 39.0 Å². The number of ketones is 1. The maximum absolute atomic E-state index is 11.0. The lowest BCUT2D eigenvalue weighted by atomic mass is 10.1. The fourth-order valence-electron chi connectivity index (χ4n) is 0.980. The second-order valence-electron chi connectivity index (χ2n) is 2.86. The molecule has 0 bridgehead atoms. The monoisotopic (exact) mass is 197 g/mol. The molecular weight excluding hydrogens is 182 g/mol. The third kappa shape index (κ3) is 6.18. The molecule has 4 nitrogen and oxygen atoms in total. The first-order valence-corrected chi connectivity index (χ1v) is 4.79. The van der Waals surface area contributed by atoms with E-state index in [4.69, 9.17) is 5.26 Å². The molecule has 0 N–H and O–H groups in total. The maximum Gasteiger partial charge on any atom is 0.374 e. The Labute approximate surface area is 83.9 Å². The van der Waals surface area contributed by atoms with Crippen LogP contribution < -0.4 is 0 Å². The van der Waals surface area contributed by atoms with Gasteiger partial charge in [-0.25, -0.2) is 4.79 Å². The van der Waals surface area contributed by atoms with Crippen molar-refractivity contribution in [1.82, 2.24) is 0 Å². The molecular formula is C10H15NO3. The molecule has 0 amide bonds. The average Bonchev–Trinajstić information content (AvgIpc) is 2.17. The minimum atomic E-state index is -0.743. The second-order valence-corrected chi connectivity index (χ2v) is 2.86. The van der Waals surface area contributed by atoms with E-state index in [1.165, 1.54) is 0 Å². The van der Waals surface area contributed by atoms with Gasteiger partial charge in [-0.1, -0.05) is 6.42 Å². The largest absolute Gasteiger partial charge is 0.460 e. The van der Waals surface area contributed by atoms with Crippen molar-refractivity contribution in [3.63, 3.8) is 0 Å². The first kappa shape index (κ1) is 12.6. The van der Waals surface area contributed by atoms with Crippen molar-refractivity contribution in [2.24, 2.45) is 0 Å². The number of carbonyl (C=O) groups is 2. The highest BCUT2D eigenvalue weighted by Crippen LogP contribution is 2.03. The lowest BCUT2D eigenvalue weighted by Crippen LogP contribution is -2.16. The van der Waals surface area contributed by atoms with Gasteiger partial charge in [-0.3, -0.25) is 4.79 Å². The quantitative estimate of drug-likeness (QED) is 0.353. The summed E-state index contributed by atoms with van der Waals surface area (Å²) in [5.74, 6) is -1.21. The van der Waals surface area contributed by atoms with Crippen LogP contribution in [0.4, 0.5) is 0 Å². The smallest absolute Gasteiger partial charge is 0.374 e. The van der Waals surface area contributed by atoms with Gasteiger partial charge in [0.15, 0.2) is 0 Å². The zero-order valence-electron chi connectivity index (χ0n) is 8.41. The lowest BCUT2D eigenvalue weighted by Gasteiger charge is -1.99. The lowest BCUT2D eigenvalue weighted by molar-refractivity contribution is -0.153. The highest BCUT2D eigenvalue weighted by molar-refractivity contribution is 6.33. The fourth-order valence-corrected chi connectivity index (χ4v) is 0.980. The molecule has 0 aromatic carbocycles. The van der Waals surface area contributed by atoms with Gasteiger partial charge < -0.3 is 4.74 Å². The Hall–Kier alpha value is -1.37. The molecule has 0 saturated heterocycles. The number of Topliss-reactive ketones (excluding diaryl/α,β-unsaturated/α-hetero) is 1. The number of ether oxygens (including phenoxy) is 1. The minimum Gasteiger partial charge on any atom is -0.460 e. The van der Waals surface area contributed by atoms with Gasteiger partial charge in [-0.2, -0.15) is 5.26 Å². The van der Waals surface area contributed by atoms with E-state index in [1.807, 2.05) is 6.07 Å². The van der Waals surface area contributed by atoms with Crippen LogP contribution in [-0.2, 0) is 14.3 Å². The van der Waals surface area contributed by atoms with E-state index in [-0.39, 0.29) is 13.0 Å². The summed E-state index contributed by atoms with van der Waals surface area (Å²) in [5.41, 5.74) is 0. The van der Waals surface area contributed by atoms with Crippen LogP contribution in [0.2, 0.25) is 0 Å². The van der Waals surface area contributed by atoms with Crippen LogP contribution in [-0.4, -0.2) is 18.4 Å². The van der Waals surface area contributed by atoms with Crippen LogP contribution in [0, 0.1) is 11.3 Å². The molecule has 0 aliphatic rings. The number of hydrogen-bond acceptors (Lipinski definition) is 4. The van der Waals surface area contributed by atoms with E-state index in [1.54, 1.807) is 6.92 Å². The molecule has 0 aromatic rings. The molecule has 4 heteroatoms. The number of carbonyl (C=O) groups excluding carboxylic acids is 2. The highest BCUT2D eigenvalue weighted by Gasteiger charge is 2.13. The molecule has 0 unspecified atom stereocenters. The molecule has 78 valence electrons.